The van der Waals surface area contributed by atoms with E-state index in [2.05, 4.69) is 50.5 Å². The van der Waals surface area contributed by atoms with Crippen LogP contribution in [0.5, 0.6) is 0 Å². The van der Waals surface area contributed by atoms with E-state index in [1.807, 2.05) is 6.20 Å². The minimum atomic E-state index is 0.725. The number of nitrogens with one attached hydrogen (secondary N) is 1. The van der Waals surface area contributed by atoms with Crippen LogP contribution >= 0.6 is 15.9 Å². The zero-order chi connectivity index (χ0) is 12.4. The normalized spacial score (nSPS) is 13.4. The molecule has 18 heavy (non-hydrogen) atoms. The number of hydrogen-bond acceptors (Lipinski definition) is 3. The average molecular weight is 305 g/mol. The van der Waals surface area contributed by atoms with Crippen molar-refractivity contribution in [1.82, 2.24) is 4.98 Å². The molecule has 0 fully saturated rings. The first-order chi connectivity index (χ1) is 8.81. The van der Waals surface area contributed by atoms with Crippen LogP contribution in [0.2, 0.25) is 0 Å². The Hall–Kier alpha value is -1.39. The van der Waals surface area contributed by atoms with Crippen molar-refractivity contribution in [1.29, 1.82) is 0 Å². The van der Waals surface area contributed by atoms with Gasteiger partial charge in [0.15, 0.2) is 0 Å². The van der Waals surface area contributed by atoms with Crippen molar-refractivity contribution >= 4 is 21.6 Å². The molecule has 3 nitrogen and oxygen atoms in total. The van der Waals surface area contributed by atoms with Crippen molar-refractivity contribution in [2.24, 2.45) is 0 Å². The van der Waals surface area contributed by atoms with Gasteiger partial charge in [-0.25, -0.2) is 0 Å². The molecular weight excluding hydrogens is 292 g/mol. The van der Waals surface area contributed by atoms with Crippen molar-refractivity contribution in [2.75, 3.05) is 5.32 Å². The number of anilines is 1. The Morgan fingerprint density at radius 1 is 1.17 bits per heavy atom. The molecule has 0 amide bonds. The Labute approximate surface area is 114 Å². The molecule has 0 aliphatic carbocycles. The molecule has 4 heteroatoms. The fourth-order valence-electron chi connectivity index (χ4n) is 2.04. The van der Waals surface area contributed by atoms with Crippen molar-refractivity contribution in [3.8, 4) is 0 Å². The van der Waals surface area contributed by atoms with Crippen molar-refractivity contribution in [2.45, 2.75) is 19.8 Å². The summed E-state index contributed by atoms with van der Waals surface area (Å²) in [5.41, 5.74) is 4.86. The second-order valence-electron chi connectivity index (χ2n) is 4.34. The molecule has 92 valence electrons. The van der Waals surface area contributed by atoms with Crippen molar-refractivity contribution < 1.29 is 4.74 Å². The highest BCUT2D eigenvalue weighted by Gasteiger charge is 2.10. The molecule has 0 spiro atoms. The summed E-state index contributed by atoms with van der Waals surface area (Å²) in [7, 11) is 0. The van der Waals surface area contributed by atoms with E-state index in [1.165, 1.54) is 11.1 Å². The Bertz CT molecular complexity index is 571. The molecule has 1 aliphatic heterocycles. The third kappa shape index (κ3) is 2.54. The third-order valence-electron chi connectivity index (χ3n) is 2.98. The number of aromatic nitrogens is 1. The summed E-state index contributed by atoms with van der Waals surface area (Å²) in [6.45, 7) is 2.24. The van der Waals surface area contributed by atoms with Gasteiger partial charge in [-0.3, -0.25) is 4.98 Å². The van der Waals surface area contributed by atoms with E-state index < -0.39 is 0 Å². The van der Waals surface area contributed by atoms with Crippen LogP contribution < -0.4 is 5.32 Å². The predicted octanol–water partition coefficient (Wildman–Crippen LogP) is 3.49. The highest BCUT2D eigenvalue weighted by molar-refractivity contribution is 9.10. The zero-order valence-electron chi connectivity index (χ0n) is 9.82. The largest absolute Gasteiger partial charge is 0.381 e. The minimum absolute atomic E-state index is 0.725. The van der Waals surface area contributed by atoms with Crippen LogP contribution in [0.4, 0.5) is 5.69 Å². The third-order valence-corrected chi connectivity index (χ3v) is 3.41. The van der Waals surface area contributed by atoms with Crippen LogP contribution in [-0.4, -0.2) is 4.98 Å². The number of rotatable bonds is 3. The smallest absolute Gasteiger partial charge is 0.0725 e. The first kappa shape index (κ1) is 11.7. The Balaban J connectivity index is 1.70. The van der Waals surface area contributed by atoms with Gasteiger partial charge < -0.3 is 10.1 Å². The molecule has 3 rings (SSSR count). The van der Waals surface area contributed by atoms with Gasteiger partial charge in [0, 0.05) is 29.1 Å². The van der Waals surface area contributed by atoms with Gasteiger partial charge in [-0.1, -0.05) is 6.07 Å². The molecule has 2 heterocycles. The minimum Gasteiger partial charge on any atom is -0.381 e. The van der Waals surface area contributed by atoms with E-state index in [0.29, 0.717) is 0 Å². The highest BCUT2D eigenvalue weighted by atomic mass is 79.9. The first-order valence-corrected chi connectivity index (χ1v) is 6.63. The fourth-order valence-corrected chi connectivity index (χ4v) is 2.45. The lowest BCUT2D eigenvalue weighted by Crippen LogP contribution is -2.00. The van der Waals surface area contributed by atoms with Crippen LogP contribution in [-0.2, 0) is 24.5 Å². The molecule has 1 N–H and O–H groups in total. The molecule has 0 bridgehead atoms. The molecule has 1 aromatic heterocycles. The molecule has 1 aromatic carbocycles. The lowest BCUT2D eigenvalue weighted by molar-refractivity contribution is 0.134. The number of pyridine rings is 1. The van der Waals surface area contributed by atoms with Crippen molar-refractivity contribution in [3.05, 3.63) is 57.8 Å². The zero-order valence-corrected chi connectivity index (χ0v) is 11.4. The Morgan fingerprint density at radius 2 is 2.06 bits per heavy atom. The summed E-state index contributed by atoms with van der Waals surface area (Å²) < 4.78 is 6.41. The monoisotopic (exact) mass is 304 g/mol. The lowest BCUT2D eigenvalue weighted by atomic mass is 10.1. The Morgan fingerprint density at radius 3 is 2.94 bits per heavy atom. The van der Waals surface area contributed by atoms with Crippen LogP contribution in [0, 0.1) is 0 Å². The quantitative estimate of drug-likeness (QED) is 0.942. The molecule has 0 saturated heterocycles. The fraction of sp³-hybridized carbons (Fsp3) is 0.214. The standard InChI is InChI=1S/C14H13BrN2O/c15-13-3-10(5-16-7-13)6-17-14-2-1-11-8-18-9-12(11)4-14/h1-5,7,17H,6,8-9H2. The van der Waals surface area contributed by atoms with E-state index >= 15 is 0 Å². The predicted molar refractivity (Wildman–Crippen MR) is 74.2 cm³/mol. The summed E-state index contributed by atoms with van der Waals surface area (Å²) in [5, 5.41) is 3.40. The molecular formula is C14H13BrN2O. The lowest BCUT2D eigenvalue weighted by Gasteiger charge is -2.08. The van der Waals surface area contributed by atoms with Gasteiger partial charge in [0.25, 0.3) is 0 Å². The molecule has 0 radical (unpaired) electrons. The SMILES string of the molecule is Brc1cncc(CNc2ccc3c(c2)COC3)c1. The molecule has 0 unspecified atom stereocenters. The molecule has 2 aromatic rings. The van der Waals surface area contributed by atoms with E-state index in [-0.39, 0.29) is 0 Å². The van der Waals surface area contributed by atoms with Crippen LogP contribution in [0.25, 0.3) is 0 Å². The molecule has 0 atom stereocenters. The van der Waals surface area contributed by atoms with Crippen molar-refractivity contribution in [3.63, 3.8) is 0 Å². The summed E-state index contributed by atoms with van der Waals surface area (Å²) >= 11 is 3.42. The number of halogens is 1. The van der Waals surface area contributed by atoms with Gasteiger partial charge in [-0.05, 0) is 50.8 Å². The second-order valence-corrected chi connectivity index (χ2v) is 5.26. The van der Waals surface area contributed by atoms with Crippen LogP contribution in [0.1, 0.15) is 16.7 Å². The van der Waals surface area contributed by atoms with E-state index in [9.17, 15) is 0 Å². The van der Waals surface area contributed by atoms with Crippen LogP contribution in [0.15, 0.2) is 41.1 Å². The van der Waals surface area contributed by atoms with Gasteiger partial charge in [0.1, 0.15) is 0 Å². The summed E-state index contributed by atoms with van der Waals surface area (Å²) in [6, 6.07) is 8.45. The first-order valence-electron chi connectivity index (χ1n) is 5.84. The maximum Gasteiger partial charge on any atom is 0.0725 e. The van der Waals surface area contributed by atoms with E-state index in [1.54, 1.807) is 6.20 Å². The molecule has 0 saturated carbocycles. The summed E-state index contributed by atoms with van der Waals surface area (Å²) in [6.07, 6.45) is 3.66. The highest BCUT2D eigenvalue weighted by Crippen LogP contribution is 2.23. The number of benzene rings is 1. The van der Waals surface area contributed by atoms with Gasteiger partial charge in [0.05, 0.1) is 13.2 Å². The summed E-state index contributed by atoms with van der Waals surface area (Å²) in [4.78, 5) is 4.15. The van der Waals surface area contributed by atoms with Gasteiger partial charge in [-0.15, -0.1) is 0 Å². The summed E-state index contributed by atoms with van der Waals surface area (Å²) in [5.74, 6) is 0. The number of ether oxygens (including phenoxy) is 1. The molecule has 1 aliphatic rings. The van der Waals surface area contributed by atoms with Gasteiger partial charge in [-0.2, -0.15) is 0 Å². The van der Waals surface area contributed by atoms with Gasteiger partial charge >= 0.3 is 0 Å². The number of fused-ring (bicyclic) bond motifs is 1. The maximum absolute atomic E-state index is 5.40. The number of nitrogens with zero attached hydrogens (tertiary/aromatic N) is 1. The topological polar surface area (TPSA) is 34.2 Å². The van der Waals surface area contributed by atoms with Gasteiger partial charge in [0.2, 0.25) is 0 Å². The second kappa shape index (κ2) is 5.08. The number of hydrogen-bond donors (Lipinski definition) is 1. The van der Waals surface area contributed by atoms with Crippen LogP contribution in [0.3, 0.4) is 0 Å². The average Bonchev–Trinajstić information content (AvgIpc) is 2.84. The maximum atomic E-state index is 5.40. The van der Waals surface area contributed by atoms with E-state index in [0.717, 1.165) is 35.5 Å². The van der Waals surface area contributed by atoms with E-state index in [4.69, 9.17) is 4.74 Å². The Kier molecular flexibility index (Phi) is 3.30.